The molecular weight excluding hydrogens is 318 g/mol. The summed E-state index contributed by atoms with van der Waals surface area (Å²) in [7, 11) is 0. The molecule has 5 nitrogen and oxygen atoms in total. The number of aromatic nitrogens is 4. The third-order valence-electron chi connectivity index (χ3n) is 3.77. The number of tetrazole rings is 1. The van der Waals surface area contributed by atoms with E-state index in [1.807, 2.05) is 35.6 Å². The van der Waals surface area contributed by atoms with Crippen LogP contribution in [0, 0.1) is 0 Å². The summed E-state index contributed by atoms with van der Waals surface area (Å²) >= 11 is 7.75. The number of rotatable bonds is 3. The number of nitrogens with zero attached hydrogens (tertiary/aromatic N) is 5. The van der Waals surface area contributed by atoms with Crippen LogP contribution in [0.15, 0.2) is 35.7 Å². The number of thiophene rings is 1. The molecule has 1 aliphatic heterocycles. The van der Waals surface area contributed by atoms with Crippen molar-refractivity contribution in [1.82, 2.24) is 25.1 Å². The fraction of sp³-hybridized carbons (Fsp3) is 0.267. The van der Waals surface area contributed by atoms with Gasteiger partial charge in [0, 0.05) is 28.6 Å². The molecule has 0 fully saturated rings. The monoisotopic (exact) mass is 331 g/mol. The lowest BCUT2D eigenvalue weighted by molar-refractivity contribution is 0.177. The zero-order chi connectivity index (χ0) is 14.9. The van der Waals surface area contributed by atoms with Gasteiger partial charge in [-0.05, 0) is 52.9 Å². The fourth-order valence-electron chi connectivity index (χ4n) is 2.62. The average molecular weight is 332 g/mol. The van der Waals surface area contributed by atoms with E-state index in [-0.39, 0.29) is 0 Å². The highest BCUT2D eigenvalue weighted by atomic mass is 35.5. The number of fused-ring (bicyclic) bond motifs is 1. The molecule has 2 aromatic heterocycles. The van der Waals surface area contributed by atoms with Crippen LogP contribution in [0.5, 0.6) is 0 Å². The second-order valence-corrected chi connectivity index (χ2v) is 6.74. The van der Waals surface area contributed by atoms with E-state index in [1.54, 1.807) is 4.80 Å². The van der Waals surface area contributed by atoms with Gasteiger partial charge < -0.3 is 0 Å². The van der Waals surface area contributed by atoms with Gasteiger partial charge >= 0.3 is 0 Å². The molecule has 0 amide bonds. The van der Waals surface area contributed by atoms with Gasteiger partial charge in [0.2, 0.25) is 5.82 Å². The highest BCUT2D eigenvalue weighted by Gasteiger charge is 2.18. The second-order valence-electron chi connectivity index (χ2n) is 5.31. The lowest BCUT2D eigenvalue weighted by atomic mass is 10.1. The Labute approximate surface area is 137 Å². The minimum Gasteiger partial charge on any atom is -0.278 e. The molecule has 0 aliphatic carbocycles. The Balaban J connectivity index is 1.47. The predicted octanol–water partition coefficient (Wildman–Crippen LogP) is 3.07. The molecule has 0 bridgehead atoms. The standard InChI is InChI=1S/C15H14ClN5S/c16-13-3-1-11(2-4-13)15-17-19-21(18-15)10-20-7-5-14-12(9-20)6-8-22-14/h1-4,6,8H,5,7,9-10H2. The van der Waals surface area contributed by atoms with E-state index >= 15 is 0 Å². The Morgan fingerprint density at radius 2 is 2.05 bits per heavy atom. The van der Waals surface area contributed by atoms with Crippen molar-refractivity contribution in [3.05, 3.63) is 51.2 Å². The maximum atomic E-state index is 5.90. The molecule has 3 aromatic rings. The molecule has 3 heterocycles. The SMILES string of the molecule is Clc1ccc(-c2nnn(CN3CCc4sccc4C3)n2)cc1. The van der Waals surface area contributed by atoms with E-state index in [2.05, 4.69) is 31.8 Å². The van der Waals surface area contributed by atoms with Crippen molar-refractivity contribution in [3.63, 3.8) is 0 Å². The van der Waals surface area contributed by atoms with Crippen LogP contribution in [-0.4, -0.2) is 31.7 Å². The molecule has 4 rings (SSSR count). The third kappa shape index (κ3) is 2.77. The zero-order valence-electron chi connectivity index (χ0n) is 11.8. The first-order valence-electron chi connectivity index (χ1n) is 7.09. The molecule has 7 heteroatoms. The van der Waals surface area contributed by atoms with Gasteiger partial charge in [0.25, 0.3) is 0 Å². The smallest absolute Gasteiger partial charge is 0.204 e. The molecule has 0 spiro atoms. The lowest BCUT2D eigenvalue weighted by Gasteiger charge is -2.25. The van der Waals surface area contributed by atoms with Crippen LogP contribution in [0.3, 0.4) is 0 Å². The topological polar surface area (TPSA) is 46.8 Å². The van der Waals surface area contributed by atoms with Gasteiger partial charge in [0.1, 0.15) is 6.67 Å². The van der Waals surface area contributed by atoms with Crippen molar-refractivity contribution >= 4 is 22.9 Å². The van der Waals surface area contributed by atoms with Crippen LogP contribution in [-0.2, 0) is 19.6 Å². The van der Waals surface area contributed by atoms with E-state index in [0.29, 0.717) is 17.5 Å². The molecule has 1 aliphatic rings. The molecule has 0 atom stereocenters. The highest BCUT2D eigenvalue weighted by molar-refractivity contribution is 7.10. The zero-order valence-corrected chi connectivity index (χ0v) is 13.4. The van der Waals surface area contributed by atoms with Gasteiger partial charge in [-0.3, -0.25) is 4.90 Å². The molecule has 0 unspecified atom stereocenters. The number of hydrogen-bond acceptors (Lipinski definition) is 5. The fourth-order valence-corrected chi connectivity index (χ4v) is 3.64. The molecule has 0 N–H and O–H groups in total. The normalized spacial score (nSPS) is 15.0. The van der Waals surface area contributed by atoms with E-state index in [9.17, 15) is 0 Å². The van der Waals surface area contributed by atoms with Crippen molar-refractivity contribution in [2.45, 2.75) is 19.6 Å². The molecule has 1 aromatic carbocycles. The lowest BCUT2D eigenvalue weighted by Crippen LogP contribution is -2.32. The van der Waals surface area contributed by atoms with Crippen molar-refractivity contribution in [3.8, 4) is 11.4 Å². The minimum atomic E-state index is 0.630. The third-order valence-corrected chi connectivity index (χ3v) is 5.04. The molecule has 112 valence electrons. The van der Waals surface area contributed by atoms with E-state index in [0.717, 1.165) is 25.1 Å². The van der Waals surface area contributed by atoms with Crippen molar-refractivity contribution in [2.75, 3.05) is 6.54 Å². The van der Waals surface area contributed by atoms with Gasteiger partial charge in [-0.1, -0.05) is 11.6 Å². The number of benzene rings is 1. The van der Waals surface area contributed by atoms with Gasteiger partial charge in [-0.2, -0.15) is 0 Å². The second kappa shape index (κ2) is 5.79. The first-order valence-corrected chi connectivity index (χ1v) is 8.35. The first kappa shape index (κ1) is 13.9. The predicted molar refractivity (Wildman–Crippen MR) is 86.7 cm³/mol. The van der Waals surface area contributed by atoms with Crippen molar-refractivity contribution in [2.24, 2.45) is 0 Å². The van der Waals surface area contributed by atoms with Crippen molar-refractivity contribution < 1.29 is 0 Å². The Morgan fingerprint density at radius 1 is 1.18 bits per heavy atom. The first-order chi connectivity index (χ1) is 10.8. The van der Waals surface area contributed by atoms with Gasteiger partial charge in [-0.15, -0.1) is 26.3 Å². The Morgan fingerprint density at radius 3 is 2.91 bits per heavy atom. The maximum absolute atomic E-state index is 5.90. The summed E-state index contributed by atoms with van der Waals surface area (Å²) in [5.74, 6) is 0.630. The molecular formula is C15H14ClN5S. The van der Waals surface area contributed by atoms with Crippen LogP contribution in [0.2, 0.25) is 5.02 Å². The van der Waals surface area contributed by atoms with Crippen LogP contribution in [0.1, 0.15) is 10.4 Å². The Hall–Kier alpha value is -1.76. The molecule has 0 saturated carbocycles. The highest BCUT2D eigenvalue weighted by Crippen LogP contribution is 2.24. The minimum absolute atomic E-state index is 0.630. The van der Waals surface area contributed by atoms with Crippen LogP contribution in [0.25, 0.3) is 11.4 Å². The molecule has 0 saturated heterocycles. The van der Waals surface area contributed by atoms with Crippen LogP contribution < -0.4 is 0 Å². The summed E-state index contributed by atoms with van der Waals surface area (Å²) in [6.45, 7) is 2.65. The van der Waals surface area contributed by atoms with Crippen LogP contribution >= 0.6 is 22.9 Å². The summed E-state index contributed by atoms with van der Waals surface area (Å²) in [6.07, 6.45) is 1.10. The van der Waals surface area contributed by atoms with Gasteiger partial charge in [0.15, 0.2) is 0 Å². The summed E-state index contributed by atoms with van der Waals surface area (Å²) in [5, 5.41) is 15.6. The maximum Gasteiger partial charge on any atom is 0.204 e. The van der Waals surface area contributed by atoms with Gasteiger partial charge in [0.05, 0.1) is 0 Å². The van der Waals surface area contributed by atoms with Gasteiger partial charge in [-0.25, -0.2) is 0 Å². The summed E-state index contributed by atoms with van der Waals surface area (Å²) in [5.41, 5.74) is 2.35. The molecule has 22 heavy (non-hydrogen) atoms. The Kier molecular flexibility index (Phi) is 3.65. The Bertz CT molecular complexity index is 779. The van der Waals surface area contributed by atoms with Crippen LogP contribution in [0.4, 0.5) is 0 Å². The largest absolute Gasteiger partial charge is 0.278 e. The van der Waals surface area contributed by atoms with E-state index in [4.69, 9.17) is 11.6 Å². The average Bonchev–Trinajstić information content (AvgIpc) is 3.17. The van der Waals surface area contributed by atoms with E-state index < -0.39 is 0 Å². The van der Waals surface area contributed by atoms with E-state index in [1.165, 1.54) is 10.4 Å². The quantitative estimate of drug-likeness (QED) is 0.740. The number of hydrogen-bond donors (Lipinski definition) is 0. The molecule has 0 radical (unpaired) electrons. The number of halogens is 1. The summed E-state index contributed by atoms with van der Waals surface area (Å²) in [6, 6.07) is 9.69. The van der Waals surface area contributed by atoms with Crippen molar-refractivity contribution in [1.29, 1.82) is 0 Å². The summed E-state index contributed by atoms with van der Waals surface area (Å²) < 4.78 is 0. The summed E-state index contributed by atoms with van der Waals surface area (Å²) in [4.78, 5) is 5.49.